The lowest BCUT2D eigenvalue weighted by atomic mass is 10.0. The Bertz CT molecular complexity index is 549. The standard InChI is InChI=1S/C19H25NO2/c1-15-6-10-18(11-7-15)22-19(5-3-4-14-20)16-8-12-17(21-2)13-9-16/h6-13,19H,3-5,14,20H2,1-2H3. The molecule has 0 aliphatic rings. The van der Waals surface area contributed by atoms with Crippen molar-refractivity contribution in [2.45, 2.75) is 32.3 Å². The van der Waals surface area contributed by atoms with Crippen molar-refractivity contribution in [1.29, 1.82) is 0 Å². The molecule has 0 aromatic heterocycles. The van der Waals surface area contributed by atoms with Crippen LogP contribution in [-0.2, 0) is 0 Å². The van der Waals surface area contributed by atoms with Gasteiger partial charge in [0, 0.05) is 0 Å². The molecule has 0 amide bonds. The van der Waals surface area contributed by atoms with E-state index < -0.39 is 0 Å². The van der Waals surface area contributed by atoms with E-state index in [1.165, 1.54) is 11.1 Å². The van der Waals surface area contributed by atoms with Crippen LogP contribution in [0.15, 0.2) is 48.5 Å². The number of rotatable bonds is 8. The number of unbranched alkanes of at least 4 members (excludes halogenated alkanes) is 1. The molecule has 0 bridgehead atoms. The first kappa shape index (κ1) is 16.4. The first-order valence-corrected chi connectivity index (χ1v) is 7.80. The van der Waals surface area contributed by atoms with E-state index in [-0.39, 0.29) is 6.10 Å². The molecule has 0 saturated heterocycles. The molecule has 1 atom stereocenters. The summed E-state index contributed by atoms with van der Waals surface area (Å²) >= 11 is 0. The molecule has 0 saturated carbocycles. The second kappa shape index (κ2) is 8.44. The summed E-state index contributed by atoms with van der Waals surface area (Å²) in [7, 11) is 1.68. The van der Waals surface area contributed by atoms with E-state index >= 15 is 0 Å². The number of hydrogen-bond donors (Lipinski definition) is 1. The van der Waals surface area contributed by atoms with Crippen LogP contribution in [0.1, 0.15) is 36.5 Å². The largest absolute Gasteiger partial charge is 0.497 e. The fourth-order valence-electron chi connectivity index (χ4n) is 2.37. The summed E-state index contributed by atoms with van der Waals surface area (Å²) < 4.78 is 11.4. The molecular weight excluding hydrogens is 274 g/mol. The van der Waals surface area contributed by atoms with Crippen LogP contribution in [-0.4, -0.2) is 13.7 Å². The van der Waals surface area contributed by atoms with Crippen molar-refractivity contribution in [2.75, 3.05) is 13.7 Å². The third-order valence-electron chi connectivity index (χ3n) is 3.71. The predicted molar refractivity (Wildman–Crippen MR) is 90.4 cm³/mol. The van der Waals surface area contributed by atoms with Gasteiger partial charge in [-0.25, -0.2) is 0 Å². The minimum atomic E-state index is 0.0418. The molecule has 0 aliphatic heterocycles. The third kappa shape index (κ3) is 4.78. The molecule has 2 aromatic carbocycles. The maximum absolute atomic E-state index is 6.19. The monoisotopic (exact) mass is 299 g/mol. The van der Waals surface area contributed by atoms with Gasteiger partial charge in [-0.05, 0) is 62.6 Å². The van der Waals surface area contributed by atoms with Gasteiger partial charge in [0.15, 0.2) is 0 Å². The van der Waals surface area contributed by atoms with Gasteiger partial charge >= 0.3 is 0 Å². The summed E-state index contributed by atoms with van der Waals surface area (Å²) in [6.45, 7) is 2.80. The second-order valence-corrected chi connectivity index (χ2v) is 5.48. The number of ether oxygens (including phenoxy) is 2. The van der Waals surface area contributed by atoms with Gasteiger partial charge in [0.05, 0.1) is 7.11 Å². The lowest BCUT2D eigenvalue weighted by Crippen LogP contribution is -2.09. The maximum Gasteiger partial charge on any atom is 0.124 e. The van der Waals surface area contributed by atoms with Crippen LogP contribution in [0.5, 0.6) is 11.5 Å². The van der Waals surface area contributed by atoms with Gasteiger partial charge in [0.2, 0.25) is 0 Å². The van der Waals surface area contributed by atoms with Gasteiger partial charge in [-0.2, -0.15) is 0 Å². The SMILES string of the molecule is COc1ccc(C(CCCCN)Oc2ccc(C)cc2)cc1. The van der Waals surface area contributed by atoms with Crippen LogP contribution in [0.25, 0.3) is 0 Å². The first-order valence-electron chi connectivity index (χ1n) is 7.80. The summed E-state index contributed by atoms with van der Waals surface area (Å²) in [5.74, 6) is 1.76. The summed E-state index contributed by atoms with van der Waals surface area (Å²) in [4.78, 5) is 0. The highest BCUT2D eigenvalue weighted by atomic mass is 16.5. The van der Waals surface area contributed by atoms with E-state index in [4.69, 9.17) is 15.2 Å². The molecule has 1 unspecified atom stereocenters. The Hall–Kier alpha value is -2.00. The van der Waals surface area contributed by atoms with Crippen LogP contribution >= 0.6 is 0 Å². The second-order valence-electron chi connectivity index (χ2n) is 5.48. The lowest BCUT2D eigenvalue weighted by Gasteiger charge is -2.20. The van der Waals surface area contributed by atoms with Crippen molar-refractivity contribution in [1.82, 2.24) is 0 Å². The number of hydrogen-bond acceptors (Lipinski definition) is 3. The van der Waals surface area contributed by atoms with Gasteiger partial charge in [-0.3, -0.25) is 0 Å². The molecule has 2 aromatic rings. The fourth-order valence-corrected chi connectivity index (χ4v) is 2.37. The quantitative estimate of drug-likeness (QED) is 0.741. The van der Waals surface area contributed by atoms with Crippen LogP contribution in [0, 0.1) is 6.92 Å². The average Bonchev–Trinajstić information content (AvgIpc) is 2.56. The van der Waals surface area contributed by atoms with Crippen molar-refractivity contribution in [3.63, 3.8) is 0 Å². The summed E-state index contributed by atoms with van der Waals surface area (Å²) in [6.07, 6.45) is 3.07. The predicted octanol–water partition coefficient (Wildman–Crippen LogP) is 4.25. The van der Waals surface area contributed by atoms with Gasteiger partial charge < -0.3 is 15.2 Å². The van der Waals surface area contributed by atoms with Gasteiger partial charge in [-0.1, -0.05) is 29.8 Å². The number of methoxy groups -OCH3 is 1. The molecule has 2 rings (SSSR count). The van der Waals surface area contributed by atoms with Gasteiger partial charge in [0.1, 0.15) is 17.6 Å². The smallest absolute Gasteiger partial charge is 0.124 e. The molecule has 0 spiro atoms. The van der Waals surface area contributed by atoms with E-state index in [9.17, 15) is 0 Å². The first-order chi connectivity index (χ1) is 10.7. The molecule has 2 N–H and O–H groups in total. The Labute approximate surface area is 133 Å². The zero-order valence-electron chi connectivity index (χ0n) is 13.4. The Balaban J connectivity index is 2.11. The molecule has 118 valence electrons. The molecule has 3 nitrogen and oxygen atoms in total. The van der Waals surface area contributed by atoms with E-state index in [0.29, 0.717) is 0 Å². The maximum atomic E-state index is 6.19. The highest BCUT2D eigenvalue weighted by Crippen LogP contribution is 2.28. The van der Waals surface area contributed by atoms with Gasteiger partial charge in [-0.15, -0.1) is 0 Å². The highest BCUT2D eigenvalue weighted by Gasteiger charge is 2.13. The molecule has 0 aliphatic carbocycles. The molecular formula is C19H25NO2. The summed E-state index contributed by atoms with van der Waals surface area (Å²) in [6, 6.07) is 16.3. The van der Waals surface area contributed by atoms with Crippen molar-refractivity contribution in [3.8, 4) is 11.5 Å². The minimum absolute atomic E-state index is 0.0418. The molecule has 0 radical (unpaired) electrons. The average molecular weight is 299 g/mol. The summed E-state index contributed by atoms with van der Waals surface area (Å²) in [5, 5.41) is 0. The van der Waals surface area contributed by atoms with Gasteiger partial charge in [0.25, 0.3) is 0 Å². The zero-order chi connectivity index (χ0) is 15.8. The Morgan fingerprint density at radius 3 is 2.14 bits per heavy atom. The molecule has 0 fully saturated rings. The Morgan fingerprint density at radius 2 is 1.55 bits per heavy atom. The number of aryl methyl sites for hydroxylation is 1. The topological polar surface area (TPSA) is 44.5 Å². The Morgan fingerprint density at radius 1 is 0.909 bits per heavy atom. The van der Waals surface area contributed by atoms with E-state index in [1.54, 1.807) is 7.11 Å². The zero-order valence-corrected chi connectivity index (χ0v) is 13.4. The molecule has 3 heteroatoms. The van der Waals surface area contributed by atoms with Crippen molar-refractivity contribution >= 4 is 0 Å². The summed E-state index contributed by atoms with van der Waals surface area (Å²) in [5.41, 5.74) is 8.00. The fraction of sp³-hybridized carbons (Fsp3) is 0.368. The normalized spacial score (nSPS) is 12.0. The number of benzene rings is 2. The van der Waals surface area contributed by atoms with Crippen LogP contribution in [0.4, 0.5) is 0 Å². The van der Waals surface area contributed by atoms with Crippen LogP contribution in [0.2, 0.25) is 0 Å². The highest BCUT2D eigenvalue weighted by molar-refractivity contribution is 5.31. The third-order valence-corrected chi connectivity index (χ3v) is 3.71. The van der Waals surface area contributed by atoms with Crippen LogP contribution in [0.3, 0.4) is 0 Å². The minimum Gasteiger partial charge on any atom is -0.497 e. The van der Waals surface area contributed by atoms with Crippen molar-refractivity contribution in [3.05, 3.63) is 59.7 Å². The van der Waals surface area contributed by atoms with E-state index in [1.807, 2.05) is 24.3 Å². The lowest BCUT2D eigenvalue weighted by molar-refractivity contribution is 0.191. The number of nitrogens with two attached hydrogens (primary N) is 1. The van der Waals surface area contributed by atoms with Crippen LogP contribution < -0.4 is 15.2 Å². The molecule has 0 heterocycles. The van der Waals surface area contributed by atoms with Crippen molar-refractivity contribution in [2.24, 2.45) is 5.73 Å². The van der Waals surface area contributed by atoms with E-state index in [0.717, 1.165) is 37.3 Å². The van der Waals surface area contributed by atoms with E-state index in [2.05, 4.69) is 31.2 Å². The Kier molecular flexibility index (Phi) is 6.28. The van der Waals surface area contributed by atoms with Crippen molar-refractivity contribution < 1.29 is 9.47 Å². The molecule has 22 heavy (non-hydrogen) atoms.